The molecule has 0 saturated heterocycles. The van der Waals surface area contributed by atoms with Crippen LogP contribution in [0.25, 0.3) is 0 Å². The van der Waals surface area contributed by atoms with Crippen LogP contribution in [0.2, 0.25) is 0 Å². The molecule has 0 aromatic carbocycles. The Balaban J connectivity index is 2.90. The number of nitrogens with one attached hydrogen (secondary N) is 1. The molecule has 0 fully saturated rings. The van der Waals surface area contributed by atoms with E-state index in [0.29, 0.717) is 12.4 Å². The summed E-state index contributed by atoms with van der Waals surface area (Å²) in [5.41, 5.74) is 0.930. The predicted molar refractivity (Wildman–Crippen MR) is 70.2 cm³/mol. The van der Waals surface area contributed by atoms with E-state index < -0.39 is 12.7 Å². The third-order valence-corrected chi connectivity index (χ3v) is 2.66. The number of nitrogens with zero attached hydrogens (tertiary/aromatic N) is 2. The Morgan fingerprint density at radius 2 is 2.05 bits per heavy atom. The van der Waals surface area contributed by atoms with Gasteiger partial charge in [-0.25, -0.2) is 4.98 Å². The third-order valence-electron chi connectivity index (χ3n) is 2.66. The van der Waals surface area contributed by atoms with Crippen LogP contribution in [-0.2, 0) is 6.54 Å². The lowest BCUT2D eigenvalue weighted by Gasteiger charge is -2.29. The molecule has 0 aliphatic rings. The zero-order valence-electron chi connectivity index (χ0n) is 11.5. The molecule has 0 radical (unpaired) electrons. The smallest absolute Gasteiger partial charge is 0.345 e. The summed E-state index contributed by atoms with van der Waals surface area (Å²) in [6, 6.07) is 3.25. The number of hydrogen-bond donors (Lipinski definition) is 1. The van der Waals surface area contributed by atoms with Crippen molar-refractivity contribution in [3.63, 3.8) is 0 Å². The minimum atomic E-state index is -4.23. The molecule has 19 heavy (non-hydrogen) atoms. The lowest BCUT2D eigenvalue weighted by atomic mass is 10.2. The van der Waals surface area contributed by atoms with Crippen LogP contribution >= 0.6 is 0 Å². The number of pyridine rings is 1. The number of anilines is 1. The Bertz CT molecular complexity index is 391. The average molecular weight is 275 g/mol. The van der Waals surface area contributed by atoms with Crippen molar-refractivity contribution >= 4 is 5.82 Å². The second-order valence-electron chi connectivity index (χ2n) is 4.64. The fourth-order valence-electron chi connectivity index (χ4n) is 1.72. The van der Waals surface area contributed by atoms with E-state index in [1.54, 1.807) is 32.2 Å². The Morgan fingerprint density at radius 3 is 2.58 bits per heavy atom. The summed E-state index contributed by atoms with van der Waals surface area (Å²) < 4.78 is 37.7. The van der Waals surface area contributed by atoms with Crippen LogP contribution in [0, 0.1) is 0 Å². The molecule has 108 valence electrons. The SMILES string of the molecule is CCNCc1ccnc(N(CC(F)(F)F)C(C)C)c1. The summed E-state index contributed by atoms with van der Waals surface area (Å²) in [4.78, 5) is 5.31. The molecule has 1 heterocycles. The van der Waals surface area contributed by atoms with Crippen molar-refractivity contribution in [1.29, 1.82) is 0 Å². The molecule has 0 aliphatic heterocycles. The fourth-order valence-corrected chi connectivity index (χ4v) is 1.72. The highest BCUT2D eigenvalue weighted by atomic mass is 19.4. The van der Waals surface area contributed by atoms with Gasteiger partial charge in [0.2, 0.25) is 0 Å². The number of halogens is 3. The lowest BCUT2D eigenvalue weighted by molar-refractivity contribution is -0.120. The molecule has 0 aliphatic carbocycles. The van der Waals surface area contributed by atoms with Crippen molar-refractivity contribution in [2.24, 2.45) is 0 Å². The van der Waals surface area contributed by atoms with Gasteiger partial charge < -0.3 is 10.2 Å². The first kappa shape index (κ1) is 15.8. The van der Waals surface area contributed by atoms with E-state index >= 15 is 0 Å². The van der Waals surface area contributed by atoms with Crippen LogP contribution < -0.4 is 10.2 Å². The van der Waals surface area contributed by atoms with Gasteiger partial charge in [0.05, 0.1) is 0 Å². The number of rotatable bonds is 6. The number of aromatic nitrogens is 1. The topological polar surface area (TPSA) is 28.2 Å². The summed E-state index contributed by atoms with van der Waals surface area (Å²) in [6.07, 6.45) is -2.68. The first-order chi connectivity index (χ1) is 8.83. The van der Waals surface area contributed by atoms with Crippen molar-refractivity contribution in [3.8, 4) is 0 Å². The maximum atomic E-state index is 12.6. The molecular weight excluding hydrogens is 255 g/mol. The largest absolute Gasteiger partial charge is 0.405 e. The molecule has 6 heteroatoms. The zero-order chi connectivity index (χ0) is 14.5. The normalized spacial score (nSPS) is 11.9. The van der Waals surface area contributed by atoms with Gasteiger partial charge in [0.25, 0.3) is 0 Å². The molecule has 3 nitrogen and oxygen atoms in total. The van der Waals surface area contributed by atoms with E-state index in [-0.39, 0.29) is 6.04 Å². The summed E-state index contributed by atoms with van der Waals surface area (Å²) in [7, 11) is 0. The van der Waals surface area contributed by atoms with Crippen molar-refractivity contribution < 1.29 is 13.2 Å². The highest BCUT2D eigenvalue weighted by Gasteiger charge is 2.32. The molecule has 1 rings (SSSR count). The Morgan fingerprint density at radius 1 is 1.37 bits per heavy atom. The molecule has 0 saturated carbocycles. The maximum Gasteiger partial charge on any atom is 0.405 e. The van der Waals surface area contributed by atoms with Gasteiger partial charge in [-0.15, -0.1) is 0 Å². The van der Waals surface area contributed by atoms with Gasteiger partial charge in [-0.2, -0.15) is 13.2 Å². The monoisotopic (exact) mass is 275 g/mol. The van der Waals surface area contributed by atoms with Gasteiger partial charge in [-0.05, 0) is 38.1 Å². The minimum Gasteiger partial charge on any atom is -0.345 e. The van der Waals surface area contributed by atoms with E-state index in [0.717, 1.165) is 12.1 Å². The Kier molecular flexibility index (Phi) is 5.60. The molecule has 0 unspecified atom stereocenters. The number of hydrogen-bond acceptors (Lipinski definition) is 3. The molecule has 0 amide bonds. The van der Waals surface area contributed by atoms with Gasteiger partial charge in [-0.1, -0.05) is 6.92 Å². The second-order valence-corrected chi connectivity index (χ2v) is 4.64. The molecule has 1 aromatic heterocycles. The van der Waals surface area contributed by atoms with Crippen molar-refractivity contribution in [2.75, 3.05) is 18.0 Å². The van der Waals surface area contributed by atoms with Gasteiger partial charge in [0.1, 0.15) is 12.4 Å². The van der Waals surface area contributed by atoms with E-state index in [4.69, 9.17) is 0 Å². The van der Waals surface area contributed by atoms with Crippen LogP contribution in [0.1, 0.15) is 26.3 Å². The lowest BCUT2D eigenvalue weighted by Crippen LogP contribution is -2.39. The first-order valence-electron chi connectivity index (χ1n) is 6.32. The van der Waals surface area contributed by atoms with Crippen LogP contribution in [0.5, 0.6) is 0 Å². The van der Waals surface area contributed by atoms with E-state index in [9.17, 15) is 13.2 Å². The molecule has 1 N–H and O–H groups in total. The van der Waals surface area contributed by atoms with Crippen LogP contribution in [0.15, 0.2) is 18.3 Å². The van der Waals surface area contributed by atoms with Gasteiger partial charge in [0, 0.05) is 18.8 Å². The summed E-state index contributed by atoms with van der Waals surface area (Å²) in [5.74, 6) is 0.364. The van der Waals surface area contributed by atoms with Gasteiger partial charge in [0.15, 0.2) is 0 Å². The van der Waals surface area contributed by atoms with E-state index in [1.807, 2.05) is 6.92 Å². The summed E-state index contributed by atoms with van der Waals surface area (Å²) in [6.45, 7) is 5.89. The Labute approximate surface area is 111 Å². The van der Waals surface area contributed by atoms with Gasteiger partial charge >= 0.3 is 6.18 Å². The fraction of sp³-hybridized carbons (Fsp3) is 0.615. The van der Waals surface area contributed by atoms with E-state index in [1.165, 1.54) is 4.90 Å². The van der Waals surface area contributed by atoms with Crippen molar-refractivity contribution in [1.82, 2.24) is 10.3 Å². The molecule has 1 aromatic rings. The number of alkyl halides is 3. The first-order valence-corrected chi connectivity index (χ1v) is 6.32. The van der Waals surface area contributed by atoms with Crippen LogP contribution in [0.4, 0.5) is 19.0 Å². The van der Waals surface area contributed by atoms with Crippen LogP contribution in [0.3, 0.4) is 0 Å². The Hall–Kier alpha value is -1.30. The summed E-state index contributed by atoms with van der Waals surface area (Å²) >= 11 is 0. The zero-order valence-corrected chi connectivity index (χ0v) is 11.5. The molecule has 0 bridgehead atoms. The second kappa shape index (κ2) is 6.75. The molecule has 0 spiro atoms. The van der Waals surface area contributed by atoms with Crippen molar-refractivity contribution in [2.45, 2.75) is 39.5 Å². The minimum absolute atomic E-state index is 0.261. The highest BCUT2D eigenvalue weighted by Crippen LogP contribution is 2.23. The quantitative estimate of drug-likeness (QED) is 0.865. The standard InChI is InChI=1S/C13H20F3N3/c1-4-17-8-11-5-6-18-12(7-11)19(10(2)3)9-13(14,15)16/h5-7,10,17H,4,8-9H2,1-3H3. The maximum absolute atomic E-state index is 12.6. The third kappa shape index (κ3) is 5.46. The predicted octanol–water partition coefficient (Wildman–Crippen LogP) is 2.97. The van der Waals surface area contributed by atoms with Crippen molar-refractivity contribution in [3.05, 3.63) is 23.9 Å². The van der Waals surface area contributed by atoms with Gasteiger partial charge in [-0.3, -0.25) is 0 Å². The summed E-state index contributed by atoms with van der Waals surface area (Å²) in [5, 5.41) is 3.14. The highest BCUT2D eigenvalue weighted by molar-refractivity contribution is 5.42. The van der Waals surface area contributed by atoms with E-state index in [2.05, 4.69) is 10.3 Å². The molecular formula is C13H20F3N3. The molecule has 0 atom stereocenters. The van der Waals surface area contributed by atoms with Crippen LogP contribution in [-0.4, -0.2) is 30.3 Å². The average Bonchev–Trinajstić information content (AvgIpc) is 2.32.